The molecule has 1 fully saturated rings. The number of nitrogens with zero attached hydrogens (tertiary/aromatic N) is 2. The number of aryl methyl sites for hydroxylation is 1. The molecule has 2 aliphatic carbocycles. The Labute approximate surface area is 155 Å². The van der Waals surface area contributed by atoms with Crippen molar-refractivity contribution in [2.45, 2.75) is 57.4 Å². The Kier molecular flexibility index (Phi) is 5.07. The van der Waals surface area contributed by atoms with E-state index in [0.717, 1.165) is 56.1 Å². The van der Waals surface area contributed by atoms with Crippen LogP contribution < -0.4 is 16.8 Å². The number of anilines is 2. The van der Waals surface area contributed by atoms with Crippen LogP contribution in [-0.2, 0) is 12.8 Å². The van der Waals surface area contributed by atoms with Gasteiger partial charge in [0, 0.05) is 23.7 Å². The molecule has 5 N–H and O–H groups in total. The van der Waals surface area contributed by atoms with Crippen LogP contribution in [0.3, 0.4) is 0 Å². The normalized spacial score (nSPS) is 22.2. The predicted molar refractivity (Wildman–Crippen MR) is 107 cm³/mol. The van der Waals surface area contributed by atoms with E-state index in [2.05, 4.69) is 39.6 Å². The van der Waals surface area contributed by atoms with Crippen LogP contribution in [0, 0.1) is 5.92 Å². The lowest BCUT2D eigenvalue weighted by Gasteiger charge is -2.26. The van der Waals surface area contributed by atoms with Crippen LogP contribution in [0.15, 0.2) is 24.3 Å². The fraction of sp³-hybridized carbons (Fsp3) is 0.524. The number of nitrogens with one attached hydrogen (secondary N) is 1. The number of rotatable bonds is 4. The fourth-order valence-corrected chi connectivity index (χ4v) is 4.40. The molecule has 1 aromatic carbocycles. The summed E-state index contributed by atoms with van der Waals surface area (Å²) < 4.78 is 0. The van der Waals surface area contributed by atoms with Gasteiger partial charge in [-0.15, -0.1) is 0 Å². The van der Waals surface area contributed by atoms with Gasteiger partial charge >= 0.3 is 0 Å². The topological polar surface area (TPSA) is 89.8 Å². The maximum absolute atomic E-state index is 6.04. The summed E-state index contributed by atoms with van der Waals surface area (Å²) in [5.41, 5.74) is 16.9. The molecule has 2 aliphatic rings. The largest absolute Gasteiger partial charge is 0.370 e. The molecule has 0 amide bonds. The van der Waals surface area contributed by atoms with E-state index in [0.29, 0.717) is 12.0 Å². The van der Waals surface area contributed by atoms with Gasteiger partial charge in [0.05, 0.1) is 5.69 Å². The van der Waals surface area contributed by atoms with Gasteiger partial charge in [0.1, 0.15) is 5.82 Å². The van der Waals surface area contributed by atoms with E-state index in [1.807, 2.05) is 0 Å². The highest BCUT2D eigenvalue weighted by molar-refractivity contribution is 5.73. The van der Waals surface area contributed by atoms with Crippen molar-refractivity contribution in [3.05, 3.63) is 35.4 Å². The zero-order valence-electron chi connectivity index (χ0n) is 15.4. The predicted octanol–water partition coefficient (Wildman–Crippen LogP) is 3.53. The summed E-state index contributed by atoms with van der Waals surface area (Å²) in [6, 6.07) is 8.94. The Morgan fingerprint density at radius 3 is 2.69 bits per heavy atom. The van der Waals surface area contributed by atoms with Crippen LogP contribution in [0.25, 0.3) is 11.3 Å². The van der Waals surface area contributed by atoms with E-state index >= 15 is 0 Å². The van der Waals surface area contributed by atoms with Gasteiger partial charge in [-0.05, 0) is 62.8 Å². The number of nitrogens with two attached hydrogens (primary N) is 2. The second-order valence-corrected chi connectivity index (χ2v) is 7.76. The summed E-state index contributed by atoms with van der Waals surface area (Å²) in [7, 11) is 0. The number of hydrogen-bond donors (Lipinski definition) is 3. The maximum atomic E-state index is 6.04. The summed E-state index contributed by atoms with van der Waals surface area (Å²) in [5, 5.41) is 3.57. The third kappa shape index (κ3) is 3.68. The molecule has 26 heavy (non-hydrogen) atoms. The van der Waals surface area contributed by atoms with Gasteiger partial charge in [0.15, 0.2) is 0 Å². The number of benzene rings is 1. The summed E-state index contributed by atoms with van der Waals surface area (Å²) in [6.45, 7) is 0.935. The van der Waals surface area contributed by atoms with Crippen LogP contribution in [0.2, 0.25) is 0 Å². The lowest BCUT2D eigenvalue weighted by molar-refractivity contribution is 0.316. The lowest BCUT2D eigenvalue weighted by atomic mass is 9.84. The molecule has 5 nitrogen and oxygen atoms in total. The molecule has 0 aliphatic heterocycles. The number of aromatic nitrogens is 2. The highest BCUT2D eigenvalue weighted by Crippen LogP contribution is 2.34. The highest BCUT2D eigenvalue weighted by atomic mass is 15.1. The van der Waals surface area contributed by atoms with Gasteiger partial charge in [-0.2, -0.15) is 4.98 Å². The first-order valence-corrected chi connectivity index (χ1v) is 9.95. The van der Waals surface area contributed by atoms with Gasteiger partial charge in [-0.1, -0.05) is 24.3 Å². The molecule has 1 heterocycles. The quantitative estimate of drug-likeness (QED) is 0.784. The smallest absolute Gasteiger partial charge is 0.222 e. The van der Waals surface area contributed by atoms with Crippen molar-refractivity contribution < 1.29 is 0 Å². The van der Waals surface area contributed by atoms with Crippen molar-refractivity contribution in [2.24, 2.45) is 11.7 Å². The Bertz CT molecular complexity index is 765. The standard InChI is InChI=1S/C21H29N5/c22-16-10-8-14(9-11-16)12-13-24-20-18-7-3-5-15-4-1-2-6-17(15)19(18)25-21(23)26-20/h1-2,4,6,14,16H,3,5,7-13,22H2,(H3,23,24,25,26)/t14-,16-. The number of fused-ring (bicyclic) bond motifs is 3. The molecule has 0 saturated heterocycles. The molecule has 0 spiro atoms. The first-order chi connectivity index (χ1) is 12.7. The molecule has 0 bridgehead atoms. The van der Waals surface area contributed by atoms with E-state index in [1.54, 1.807) is 0 Å². The van der Waals surface area contributed by atoms with Crippen LogP contribution in [0.5, 0.6) is 0 Å². The third-order valence-corrected chi connectivity index (χ3v) is 5.91. The van der Waals surface area contributed by atoms with Gasteiger partial charge in [0.2, 0.25) is 5.95 Å². The summed E-state index contributed by atoms with van der Waals surface area (Å²) in [4.78, 5) is 9.13. The molecule has 5 heteroatoms. The molecule has 0 radical (unpaired) electrons. The minimum absolute atomic E-state index is 0.353. The molecule has 1 aromatic heterocycles. The van der Waals surface area contributed by atoms with Gasteiger partial charge in [-0.3, -0.25) is 0 Å². The molecule has 1 saturated carbocycles. The van der Waals surface area contributed by atoms with Gasteiger partial charge < -0.3 is 16.8 Å². The van der Waals surface area contributed by atoms with E-state index in [4.69, 9.17) is 11.5 Å². The summed E-state index contributed by atoms with van der Waals surface area (Å²) in [6.07, 6.45) is 9.18. The summed E-state index contributed by atoms with van der Waals surface area (Å²) in [5.74, 6) is 2.06. The molecule has 0 atom stereocenters. The summed E-state index contributed by atoms with van der Waals surface area (Å²) >= 11 is 0. The minimum Gasteiger partial charge on any atom is -0.370 e. The Morgan fingerprint density at radius 2 is 1.85 bits per heavy atom. The highest BCUT2D eigenvalue weighted by Gasteiger charge is 2.21. The second kappa shape index (κ2) is 7.62. The Balaban J connectivity index is 1.52. The molecule has 138 valence electrons. The van der Waals surface area contributed by atoms with Crippen molar-refractivity contribution in [1.82, 2.24) is 9.97 Å². The van der Waals surface area contributed by atoms with E-state index in [-0.39, 0.29) is 0 Å². The van der Waals surface area contributed by atoms with E-state index < -0.39 is 0 Å². The minimum atomic E-state index is 0.353. The molecule has 4 rings (SSSR count). The van der Waals surface area contributed by atoms with Crippen LogP contribution in [0.1, 0.15) is 49.7 Å². The molecular formula is C21H29N5. The lowest BCUT2D eigenvalue weighted by Crippen LogP contribution is -2.27. The van der Waals surface area contributed by atoms with Crippen molar-refractivity contribution in [2.75, 3.05) is 17.6 Å². The Morgan fingerprint density at radius 1 is 1.04 bits per heavy atom. The maximum Gasteiger partial charge on any atom is 0.222 e. The third-order valence-electron chi connectivity index (χ3n) is 5.91. The van der Waals surface area contributed by atoms with Gasteiger partial charge in [0.25, 0.3) is 0 Å². The van der Waals surface area contributed by atoms with Crippen molar-refractivity contribution in [1.29, 1.82) is 0 Å². The zero-order valence-corrected chi connectivity index (χ0v) is 15.4. The average molecular weight is 351 g/mol. The molecule has 0 unspecified atom stereocenters. The second-order valence-electron chi connectivity index (χ2n) is 7.76. The first kappa shape index (κ1) is 17.3. The van der Waals surface area contributed by atoms with Crippen LogP contribution in [0.4, 0.5) is 11.8 Å². The van der Waals surface area contributed by atoms with Crippen molar-refractivity contribution in [3.63, 3.8) is 0 Å². The average Bonchev–Trinajstić information content (AvgIpc) is 2.83. The molecular weight excluding hydrogens is 322 g/mol. The monoisotopic (exact) mass is 351 g/mol. The van der Waals surface area contributed by atoms with Gasteiger partial charge in [-0.25, -0.2) is 4.98 Å². The molecule has 2 aromatic rings. The number of hydrogen-bond acceptors (Lipinski definition) is 5. The fourth-order valence-electron chi connectivity index (χ4n) is 4.40. The van der Waals surface area contributed by atoms with Crippen LogP contribution in [-0.4, -0.2) is 22.6 Å². The Hall–Kier alpha value is -2.14. The SMILES string of the molecule is Nc1nc(NCC[C@H]2CC[C@H](N)CC2)c2c(n1)-c1ccccc1CCC2. The van der Waals surface area contributed by atoms with E-state index in [1.165, 1.54) is 36.0 Å². The van der Waals surface area contributed by atoms with E-state index in [9.17, 15) is 0 Å². The first-order valence-electron chi connectivity index (χ1n) is 9.95. The van der Waals surface area contributed by atoms with Crippen LogP contribution >= 0.6 is 0 Å². The van der Waals surface area contributed by atoms with Crippen molar-refractivity contribution in [3.8, 4) is 11.3 Å². The number of nitrogen functional groups attached to an aromatic ring is 1. The van der Waals surface area contributed by atoms with Crippen molar-refractivity contribution >= 4 is 11.8 Å². The zero-order chi connectivity index (χ0) is 17.9.